The second-order valence-corrected chi connectivity index (χ2v) is 11.6. The lowest BCUT2D eigenvalue weighted by Gasteiger charge is -2.36. The minimum absolute atomic E-state index is 0.155. The Bertz CT molecular complexity index is 1390. The molecule has 1 aromatic heterocycles. The van der Waals surface area contributed by atoms with Gasteiger partial charge in [-0.25, -0.2) is 9.78 Å². The van der Waals surface area contributed by atoms with Crippen molar-refractivity contribution in [3.05, 3.63) is 77.5 Å². The van der Waals surface area contributed by atoms with Crippen LogP contribution >= 0.6 is 0 Å². The quantitative estimate of drug-likeness (QED) is 0.381. The minimum atomic E-state index is -0.530. The van der Waals surface area contributed by atoms with E-state index < -0.39 is 5.60 Å². The molecule has 2 aromatic carbocycles. The zero-order chi connectivity index (χ0) is 29.7. The predicted molar refractivity (Wildman–Crippen MR) is 159 cm³/mol. The number of fused-ring (bicyclic) bond motifs is 1. The lowest BCUT2D eigenvalue weighted by Crippen LogP contribution is -2.51. The summed E-state index contributed by atoms with van der Waals surface area (Å²) >= 11 is 0. The van der Waals surface area contributed by atoms with Gasteiger partial charge in [0, 0.05) is 57.4 Å². The number of hydrogen-bond donors (Lipinski definition) is 0. The molecule has 3 aromatic rings. The van der Waals surface area contributed by atoms with E-state index >= 15 is 0 Å². The first-order valence-corrected chi connectivity index (χ1v) is 14.5. The first kappa shape index (κ1) is 29.3. The third-order valence-corrected chi connectivity index (χ3v) is 7.29. The lowest BCUT2D eigenvalue weighted by molar-refractivity contribution is 0.0148. The van der Waals surface area contributed by atoms with E-state index in [1.165, 1.54) is 0 Å². The zero-order valence-electron chi connectivity index (χ0n) is 24.8. The van der Waals surface area contributed by atoms with E-state index in [0.717, 1.165) is 23.3 Å². The normalized spacial score (nSPS) is 15.9. The number of nitrogens with zero attached hydrogens (tertiary/aromatic N) is 5. The third-order valence-electron chi connectivity index (χ3n) is 7.29. The maximum atomic E-state index is 13.9. The molecule has 2 amide bonds. The predicted octanol–water partition coefficient (Wildman–Crippen LogP) is 4.75. The van der Waals surface area contributed by atoms with Crippen LogP contribution in [0.2, 0.25) is 0 Å². The first-order chi connectivity index (χ1) is 20.2. The van der Waals surface area contributed by atoms with Gasteiger partial charge in [0.25, 0.3) is 5.91 Å². The molecule has 5 rings (SSSR count). The molecule has 2 aliphatic rings. The highest BCUT2D eigenvalue weighted by atomic mass is 16.6. The summed E-state index contributed by atoms with van der Waals surface area (Å²) in [4.78, 5) is 41.1. The van der Waals surface area contributed by atoms with Crippen LogP contribution in [0.5, 0.6) is 11.8 Å². The molecule has 1 saturated heterocycles. The van der Waals surface area contributed by atoms with E-state index in [9.17, 15) is 9.59 Å². The molecule has 10 heteroatoms. The number of ether oxygens (including phenoxy) is 3. The average molecular weight is 574 g/mol. The van der Waals surface area contributed by atoms with Gasteiger partial charge in [0.15, 0.2) is 0 Å². The Labute approximate surface area is 247 Å². The van der Waals surface area contributed by atoms with Crippen molar-refractivity contribution in [2.45, 2.75) is 45.8 Å². The van der Waals surface area contributed by atoms with Crippen molar-refractivity contribution in [1.82, 2.24) is 19.8 Å². The van der Waals surface area contributed by atoms with Gasteiger partial charge in [0.05, 0.1) is 6.61 Å². The summed E-state index contributed by atoms with van der Waals surface area (Å²) in [6.45, 7) is 11.7. The Balaban J connectivity index is 1.30. The van der Waals surface area contributed by atoms with Gasteiger partial charge in [-0.1, -0.05) is 30.3 Å². The standard InChI is InChI=1S/C32H39N5O5/c1-23(24-8-6-5-7-9-24)41-30-33-14-12-28(34-30)37(29(38)26-10-11-27-25(22-26)13-21-40-27)20-17-35-15-18-36(19-16-35)31(39)42-32(2,3)4/h5-12,14,22-23H,13,15-21H2,1-4H3/t23-/m0/s1. The highest BCUT2D eigenvalue weighted by Gasteiger charge is 2.28. The zero-order valence-corrected chi connectivity index (χ0v) is 24.8. The monoisotopic (exact) mass is 573 g/mol. The smallest absolute Gasteiger partial charge is 0.410 e. The van der Waals surface area contributed by atoms with Gasteiger partial charge in [0.1, 0.15) is 23.3 Å². The second kappa shape index (κ2) is 12.8. The van der Waals surface area contributed by atoms with E-state index in [4.69, 9.17) is 14.2 Å². The highest BCUT2D eigenvalue weighted by Crippen LogP contribution is 2.28. The van der Waals surface area contributed by atoms with E-state index in [1.807, 2.05) is 70.2 Å². The summed E-state index contributed by atoms with van der Waals surface area (Å²) < 4.78 is 17.2. The highest BCUT2D eigenvalue weighted by molar-refractivity contribution is 6.05. The molecule has 0 spiro atoms. The summed E-state index contributed by atoms with van der Waals surface area (Å²) in [6.07, 6.45) is 1.84. The summed E-state index contributed by atoms with van der Waals surface area (Å²) in [6, 6.07) is 17.4. The van der Waals surface area contributed by atoms with Gasteiger partial charge >= 0.3 is 12.1 Å². The first-order valence-electron chi connectivity index (χ1n) is 14.5. The Morgan fingerprint density at radius 1 is 1.05 bits per heavy atom. The molecular weight excluding hydrogens is 534 g/mol. The van der Waals surface area contributed by atoms with Crippen LogP contribution < -0.4 is 14.4 Å². The van der Waals surface area contributed by atoms with Gasteiger partial charge in [-0.3, -0.25) is 14.6 Å². The fraction of sp³-hybridized carbons (Fsp3) is 0.438. The van der Waals surface area contributed by atoms with Crippen molar-refractivity contribution in [3.8, 4) is 11.8 Å². The van der Waals surface area contributed by atoms with Crippen LogP contribution in [0.1, 0.15) is 55.3 Å². The number of carbonyl (C=O) groups is 2. The molecule has 0 unspecified atom stereocenters. The van der Waals surface area contributed by atoms with Crippen LogP contribution in [-0.2, 0) is 11.2 Å². The molecule has 1 fully saturated rings. The van der Waals surface area contributed by atoms with E-state index in [0.29, 0.717) is 57.3 Å². The molecule has 0 N–H and O–H groups in total. The molecule has 222 valence electrons. The number of carbonyl (C=O) groups excluding carboxylic acids is 2. The van der Waals surface area contributed by atoms with E-state index in [-0.39, 0.29) is 24.1 Å². The van der Waals surface area contributed by atoms with Crippen molar-refractivity contribution < 1.29 is 23.8 Å². The molecule has 3 heterocycles. The van der Waals surface area contributed by atoms with E-state index in [1.54, 1.807) is 28.1 Å². The van der Waals surface area contributed by atoms with Gasteiger partial charge in [-0.05, 0) is 63.1 Å². The Morgan fingerprint density at radius 3 is 2.55 bits per heavy atom. The average Bonchev–Trinajstić information content (AvgIpc) is 3.45. The van der Waals surface area contributed by atoms with Crippen LogP contribution in [0.3, 0.4) is 0 Å². The number of aromatic nitrogens is 2. The second-order valence-electron chi connectivity index (χ2n) is 11.6. The molecule has 0 radical (unpaired) electrons. The van der Waals surface area contributed by atoms with Crippen molar-refractivity contribution >= 4 is 17.8 Å². The molecule has 1 atom stereocenters. The number of anilines is 1. The summed E-state index contributed by atoms with van der Waals surface area (Å²) in [7, 11) is 0. The van der Waals surface area contributed by atoms with E-state index in [2.05, 4.69) is 14.9 Å². The Morgan fingerprint density at radius 2 is 1.81 bits per heavy atom. The molecule has 10 nitrogen and oxygen atoms in total. The van der Waals surface area contributed by atoms with Gasteiger partial charge in [-0.15, -0.1) is 0 Å². The van der Waals surface area contributed by atoms with Crippen LogP contribution in [0, 0.1) is 0 Å². The SMILES string of the molecule is C[C@H](Oc1nccc(N(CCN2CCN(C(=O)OC(C)(C)C)CC2)C(=O)c2ccc3c(c2)CCO3)n1)c1ccccc1. The summed E-state index contributed by atoms with van der Waals surface area (Å²) in [5.41, 5.74) is 2.08. The fourth-order valence-corrected chi connectivity index (χ4v) is 5.01. The third kappa shape index (κ3) is 7.36. The maximum absolute atomic E-state index is 13.9. The summed E-state index contributed by atoms with van der Waals surface area (Å²) in [5, 5.41) is 0. The summed E-state index contributed by atoms with van der Waals surface area (Å²) in [5.74, 6) is 1.14. The molecule has 0 aliphatic carbocycles. The molecular formula is C32H39N5O5. The van der Waals surface area contributed by atoms with Gasteiger partial charge in [-0.2, -0.15) is 4.98 Å². The van der Waals surface area contributed by atoms with Crippen molar-refractivity contribution in [2.75, 3.05) is 50.8 Å². The van der Waals surface area contributed by atoms with Crippen LogP contribution in [0.25, 0.3) is 0 Å². The number of amides is 2. The van der Waals surface area contributed by atoms with Gasteiger partial charge < -0.3 is 19.1 Å². The number of rotatable bonds is 8. The number of benzene rings is 2. The van der Waals surface area contributed by atoms with Crippen molar-refractivity contribution in [1.29, 1.82) is 0 Å². The van der Waals surface area contributed by atoms with Crippen LogP contribution in [0.4, 0.5) is 10.6 Å². The minimum Gasteiger partial charge on any atom is -0.493 e. The Hall–Kier alpha value is -4.18. The molecule has 42 heavy (non-hydrogen) atoms. The largest absolute Gasteiger partial charge is 0.493 e. The van der Waals surface area contributed by atoms with Crippen LogP contribution in [-0.4, -0.2) is 83.2 Å². The molecule has 0 bridgehead atoms. The molecule has 2 aliphatic heterocycles. The number of piperazine rings is 1. The Kier molecular flexibility index (Phi) is 8.91. The maximum Gasteiger partial charge on any atom is 0.410 e. The van der Waals surface area contributed by atoms with Crippen molar-refractivity contribution in [3.63, 3.8) is 0 Å². The lowest BCUT2D eigenvalue weighted by atomic mass is 10.1. The number of hydrogen-bond acceptors (Lipinski definition) is 8. The topological polar surface area (TPSA) is 97.3 Å². The van der Waals surface area contributed by atoms with Crippen LogP contribution in [0.15, 0.2) is 60.8 Å². The van der Waals surface area contributed by atoms with Gasteiger partial charge in [0.2, 0.25) is 0 Å². The fourth-order valence-electron chi connectivity index (χ4n) is 5.01. The molecule has 0 saturated carbocycles. The van der Waals surface area contributed by atoms with Crippen molar-refractivity contribution in [2.24, 2.45) is 0 Å².